The summed E-state index contributed by atoms with van der Waals surface area (Å²) < 4.78 is 6.53. The number of aldehydes is 1. The van der Waals surface area contributed by atoms with Gasteiger partial charge in [-0.1, -0.05) is 45.7 Å². The second-order valence-corrected chi connectivity index (χ2v) is 5.01. The predicted molar refractivity (Wildman–Crippen MR) is 75.3 cm³/mol. The first-order valence-corrected chi connectivity index (χ1v) is 6.48. The molecule has 0 spiro atoms. The van der Waals surface area contributed by atoms with Crippen LogP contribution in [-0.2, 0) is 6.61 Å². The van der Waals surface area contributed by atoms with Crippen LogP contribution in [0.1, 0.15) is 15.9 Å². The normalized spacial score (nSPS) is 10.1. The zero-order valence-corrected chi connectivity index (χ0v) is 11.7. The van der Waals surface area contributed by atoms with Crippen molar-refractivity contribution < 1.29 is 9.53 Å². The van der Waals surface area contributed by atoms with E-state index in [1.54, 1.807) is 18.2 Å². The Bertz CT molecular complexity index is 569. The van der Waals surface area contributed by atoms with Gasteiger partial charge in [-0.3, -0.25) is 4.79 Å². The molecular formula is C14H10BrClO2. The van der Waals surface area contributed by atoms with Gasteiger partial charge >= 0.3 is 0 Å². The monoisotopic (exact) mass is 324 g/mol. The summed E-state index contributed by atoms with van der Waals surface area (Å²) in [7, 11) is 0. The first-order chi connectivity index (χ1) is 8.69. The minimum Gasteiger partial charge on any atom is -0.489 e. The highest BCUT2D eigenvalue weighted by atomic mass is 79.9. The first-order valence-electron chi connectivity index (χ1n) is 5.31. The Morgan fingerprint density at radius 3 is 2.78 bits per heavy atom. The van der Waals surface area contributed by atoms with Crippen LogP contribution in [0.3, 0.4) is 0 Å². The van der Waals surface area contributed by atoms with Crippen LogP contribution in [0, 0.1) is 0 Å². The zero-order chi connectivity index (χ0) is 13.0. The largest absolute Gasteiger partial charge is 0.489 e. The molecule has 0 radical (unpaired) electrons. The lowest BCUT2D eigenvalue weighted by atomic mass is 10.2. The van der Waals surface area contributed by atoms with Gasteiger partial charge in [0.05, 0.1) is 0 Å². The molecule has 2 aromatic carbocycles. The molecule has 0 fully saturated rings. The number of hydrogen-bond donors (Lipinski definition) is 0. The first kappa shape index (κ1) is 13.1. The van der Waals surface area contributed by atoms with Crippen molar-refractivity contribution in [2.24, 2.45) is 0 Å². The zero-order valence-electron chi connectivity index (χ0n) is 9.40. The summed E-state index contributed by atoms with van der Waals surface area (Å²) in [6.07, 6.45) is 0.797. The molecule has 0 unspecified atom stereocenters. The van der Waals surface area contributed by atoms with Gasteiger partial charge in [-0.25, -0.2) is 0 Å². The molecule has 0 heterocycles. The molecule has 4 heteroatoms. The van der Waals surface area contributed by atoms with E-state index in [9.17, 15) is 4.79 Å². The standard InChI is InChI=1S/C14H10BrClO2/c15-14-7-12(16)5-4-11(14)9-18-13-3-1-2-10(6-13)8-17/h1-8H,9H2. The molecule has 0 aliphatic carbocycles. The Balaban J connectivity index is 2.08. The lowest BCUT2D eigenvalue weighted by Crippen LogP contribution is -1.96. The average molecular weight is 326 g/mol. The van der Waals surface area contributed by atoms with Gasteiger partial charge < -0.3 is 4.74 Å². The fraction of sp³-hybridized carbons (Fsp3) is 0.0714. The lowest BCUT2D eigenvalue weighted by molar-refractivity contribution is 0.112. The maximum atomic E-state index is 10.6. The number of carbonyl (C=O) groups excluding carboxylic acids is 1. The van der Waals surface area contributed by atoms with Crippen molar-refractivity contribution in [3.05, 3.63) is 63.1 Å². The van der Waals surface area contributed by atoms with Crippen molar-refractivity contribution in [2.75, 3.05) is 0 Å². The van der Waals surface area contributed by atoms with E-state index in [0.29, 0.717) is 22.9 Å². The van der Waals surface area contributed by atoms with E-state index in [1.807, 2.05) is 24.3 Å². The molecular weight excluding hydrogens is 316 g/mol. The van der Waals surface area contributed by atoms with Crippen molar-refractivity contribution in [3.8, 4) is 5.75 Å². The van der Waals surface area contributed by atoms with Crippen molar-refractivity contribution in [1.29, 1.82) is 0 Å². The summed E-state index contributed by atoms with van der Waals surface area (Å²) in [5.41, 5.74) is 1.60. The summed E-state index contributed by atoms with van der Waals surface area (Å²) in [4.78, 5) is 10.6. The summed E-state index contributed by atoms with van der Waals surface area (Å²) in [6.45, 7) is 0.417. The molecule has 0 N–H and O–H groups in total. The van der Waals surface area contributed by atoms with Gasteiger partial charge in [0.2, 0.25) is 0 Å². The number of ether oxygens (including phenoxy) is 1. The molecule has 18 heavy (non-hydrogen) atoms. The molecule has 2 nitrogen and oxygen atoms in total. The number of halogens is 2. The lowest BCUT2D eigenvalue weighted by Gasteiger charge is -2.08. The third-order valence-electron chi connectivity index (χ3n) is 2.40. The summed E-state index contributed by atoms with van der Waals surface area (Å²) in [5, 5.41) is 0.675. The second-order valence-electron chi connectivity index (χ2n) is 3.71. The van der Waals surface area contributed by atoms with E-state index in [-0.39, 0.29) is 0 Å². The van der Waals surface area contributed by atoms with Crippen LogP contribution in [0.5, 0.6) is 5.75 Å². The molecule has 2 rings (SSSR count). The highest BCUT2D eigenvalue weighted by Gasteiger charge is 2.02. The SMILES string of the molecule is O=Cc1cccc(OCc2ccc(Cl)cc2Br)c1. The van der Waals surface area contributed by atoms with Crippen LogP contribution >= 0.6 is 27.5 Å². The molecule has 0 aromatic heterocycles. The molecule has 0 saturated carbocycles. The fourth-order valence-electron chi connectivity index (χ4n) is 1.48. The molecule has 2 aromatic rings. The van der Waals surface area contributed by atoms with Gasteiger partial charge in [0, 0.05) is 20.6 Å². The molecule has 0 saturated heterocycles. The van der Waals surface area contributed by atoms with Gasteiger partial charge in [-0.15, -0.1) is 0 Å². The third kappa shape index (κ3) is 3.34. The Labute approximate surface area is 119 Å². The second kappa shape index (κ2) is 6.03. The van der Waals surface area contributed by atoms with Gasteiger partial charge in [0.15, 0.2) is 0 Å². The molecule has 92 valence electrons. The van der Waals surface area contributed by atoms with Gasteiger partial charge in [0.1, 0.15) is 18.6 Å². The van der Waals surface area contributed by atoms with Crippen molar-refractivity contribution in [1.82, 2.24) is 0 Å². The highest BCUT2D eigenvalue weighted by molar-refractivity contribution is 9.10. The molecule has 0 atom stereocenters. The summed E-state index contributed by atoms with van der Waals surface area (Å²) in [6, 6.07) is 12.6. The van der Waals surface area contributed by atoms with Crippen molar-refractivity contribution in [3.63, 3.8) is 0 Å². The van der Waals surface area contributed by atoms with E-state index in [2.05, 4.69) is 15.9 Å². The van der Waals surface area contributed by atoms with E-state index < -0.39 is 0 Å². The topological polar surface area (TPSA) is 26.3 Å². The van der Waals surface area contributed by atoms with Crippen LogP contribution in [0.15, 0.2) is 46.9 Å². The maximum Gasteiger partial charge on any atom is 0.150 e. The average Bonchev–Trinajstić information content (AvgIpc) is 2.38. The number of hydrogen-bond acceptors (Lipinski definition) is 2. The van der Waals surface area contributed by atoms with Crippen LogP contribution < -0.4 is 4.74 Å². The maximum absolute atomic E-state index is 10.6. The Morgan fingerprint density at radius 2 is 2.06 bits per heavy atom. The van der Waals surface area contributed by atoms with Crippen LogP contribution in [0.25, 0.3) is 0 Å². The van der Waals surface area contributed by atoms with E-state index in [0.717, 1.165) is 16.3 Å². The summed E-state index contributed by atoms with van der Waals surface area (Å²) >= 11 is 9.29. The number of carbonyl (C=O) groups is 1. The van der Waals surface area contributed by atoms with Crippen LogP contribution in [0.2, 0.25) is 5.02 Å². The van der Waals surface area contributed by atoms with Crippen LogP contribution in [0.4, 0.5) is 0 Å². The number of benzene rings is 2. The van der Waals surface area contributed by atoms with Gasteiger partial charge in [0.25, 0.3) is 0 Å². The predicted octanol–water partition coefficient (Wildman–Crippen LogP) is 4.49. The minimum atomic E-state index is 0.417. The third-order valence-corrected chi connectivity index (χ3v) is 3.38. The number of rotatable bonds is 4. The quantitative estimate of drug-likeness (QED) is 0.774. The van der Waals surface area contributed by atoms with Crippen molar-refractivity contribution in [2.45, 2.75) is 6.61 Å². The van der Waals surface area contributed by atoms with E-state index >= 15 is 0 Å². The Morgan fingerprint density at radius 1 is 1.22 bits per heavy atom. The van der Waals surface area contributed by atoms with Gasteiger partial charge in [-0.2, -0.15) is 0 Å². The molecule has 0 bridgehead atoms. The fourth-order valence-corrected chi connectivity index (χ4v) is 2.27. The van der Waals surface area contributed by atoms with Crippen molar-refractivity contribution >= 4 is 33.8 Å². The minimum absolute atomic E-state index is 0.417. The Hall–Kier alpha value is -1.32. The summed E-state index contributed by atoms with van der Waals surface area (Å²) in [5.74, 6) is 0.668. The van der Waals surface area contributed by atoms with Crippen LogP contribution in [-0.4, -0.2) is 6.29 Å². The molecule has 0 aliphatic heterocycles. The highest BCUT2D eigenvalue weighted by Crippen LogP contribution is 2.23. The Kier molecular flexibility index (Phi) is 4.39. The molecule has 0 aliphatic rings. The van der Waals surface area contributed by atoms with E-state index in [1.165, 1.54) is 0 Å². The van der Waals surface area contributed by atoms with E-state index in [4.69, 9.17) is 16.3 Å². The smallest absolute Gasteiger partial charge is 0.150 e. The molecule has 0 amide bonds. The van der Waals surface area contributed by atoms with Gasteiger partial charge in [-0.05, 0) is 24.3 Å².